The van der Waals surface area contributed by atoms with Crippen LogP contribution in [0.1, 0.15) is 35.6 Å². The van der Waals surface area contributed by atoms with Crippen molar-refractivity contribution in [1.82, 2.24) is 20.1 Å². The molecule has 0 fully saturated rings. The van der Waals surface area contributed by atoms with Crippen molar-refractivity contribution in [1.29, 1.82) is 0 Å². The van der Waals surface area contributed by atoms with Gasteiger partial charge in [-0.2, -0.15) is 5.10 Å². The molecule has 0 spiro atoms. The predicted molar refractivity (Wildman–Crippen MR) is 82.7 cm³/mol. The number of furan rings is 1. The highest BCUT2D eigenvalue weighted by atomic mass is 19.3. The maximum atomic E-state index is 13.3. The maximum absolute atomic E-state index is 13.3. The molecule has 0 radical (unpaired) electrons. The first kappa shape index (κ1) is 17.9. The summed E-state index contributed by atoms with van der Waals surface area (Å²) in [6, 6.07) is 4.00. The Balaban J connectivity index is 1.91. The normalized spacial score (nSPS) is 11.7. The van der Waals surface area contributed by atoms with Crippen LogP contribution in [-0.2, 0) is 17.9 Å². The Morgan fingerprint density at radius 1 is 1.31 bits per heavy atom. The first-order valence-electron chi connectivity index (χ1n) is 7.60. The molecule has 3 aromatic rings. The second-order valence-corrected chi connectivity index (χ2v) is 5.54. The van der Waals surface area contributed by atoms with Crippen LogP contribution in [0.25, 0.3) is 11.0 Å². The molecule has 0 unspecified atom stereocenters. The van der Waals surface area contributed by atoms with Crippen molar-refractivity contribution in [2.75, 3.05) is 0 Å². The minimum Gasteiger partial charge on any atom is -0.467 e. The van der Waals surface area contributed by atoms with Crippen LogP contribution >= 0.6 is 0 Å². The van der Waals surface area contributed by atoms with Crippen LogP contribution in [0, 0.1) is 6.92 Å². The van der Waals surface area contributed by atoms with Crippen LogP contribution in [0.4, 0.5) is 17.6 Å². The van der Waals surface area contributed by atoms with E-state index in [0.29, 0.717) is 11.8 Å². The Bertz CT molecular complexity index is 922. The lowest BCUT2D eigenvalue weighted by atomic mass is 10.1. The van der Waals surface area contributed by atoms with Crippen LogP contribution in [-0.4, -0.2) is 20.7 Å². The summed E-state index contributed by atoms with van der Waals surface area (Å²) in [5.74, 6) is 0.0339. The van der Waals surface area contributed by atoms with Gasteiger partial charge in [-0.3, -0.25) is 4.79 Å². The van der Waals surface area contributed by atoms with E-state index in [1.165, 1.54) is 13.2 Å². The summed E-state index contributed by atoms with van der Waals surface area (Å²) in [6.07, 6.45) is -4.54. The molecule has 0 aliphatic carbocycles. The summed E-state index contributed by atoms with van der Waals surface area (Å²) in [5.41, 5.74) is -1.36. The van der Waals surface area contributed by atoms with Crippen LogP contribution in [0.15, 0.2) is 28.9 Å². The average molecular weight is 370 g/mol. The van der Waals surface area contributed by atoms with Gasteiger partial charge in [0.15, 0.2) is 5.65 Å². The average Bonchev–Trinajstić information content (AvgIpc) is 3.21. The van der Waals surface area contributed by atoms with Gasteiger partial charge in [0.1, 0.15) is 18.0 Å². The van der Waals surface area contributed by atoms with E-state index in [4.69, 9.17) is 4.42 Å². The first-order valence-corrected chi connectivity index (χ1v) is 7.60. The number of hydrogen-bond acceptors (Lipinski definition) is 4. The first-order chi connectivity index (χ1) is 12.4. The summed E-state index contributed by atoms with van der Waals surface area (Å²) < 4.78 is 58.6. The van der Waals surface area contributed by atoms with Gasteiger partial charge in [-0.15, -0.1) is 0 Å². The molecule has 138 valence electrons. The van der Waals surface area contributed by atoms with E-state index in [2.05, 4.69) is 15.4 Å². The molecule has 26 heavy (non-hydrogen) atoms. The molecular weight excluding hydrogens is 356 g/mol. The second kappa shape index (κ2) is 7.14. The fourth-order valence-electron chi connectivity index (χ4n) is 2.59. The van der Waals surface area contributed by atoms with Gasteiger partial charge in [-0.05, 0) is 25.1 Å². The molecule has 6 nitrogen and oxygen atoms in total. The number of carbonyl (C=O) groups is 1. The van der Waals surface area contributed by atoms with E-state index in [1.807, 2.05) is 0 Å². The highest BCUT2D eigenvalue weighted by molar-refractivity contribution is 5.84. The van der Waals surface area contributed by atoms with E-state index < -0.39 is 30.0 Å². The number of halogens is 4. The second-order valence-electron chi connectivity index (χ2n) is 5.54. The Kier molecular flexibility index (Phi) is 4.92. The molecule has 0 aliphatic rings. The predicted octanol–water partition coefficient (Wildman–Crippen LogP) is 3.52. The zero-order valence-electron chi connectivity index (χ0n) is 13.5. The van der Waals surface area contributed by atoms with Gasteiger partial charge in [-0.1, -0.05) is 0 Å². The number of aromatic nitrogens is 3. The largest absolute Gasteiger partial charge is 0.467 e. The van der Waals surface area contributed by atoms with Gasteiger partial charge in [0.25, 0.3) is 12.9 Å². The minimum absolute atomic E-state index is 0.0248. The lowest BCUT2D eigenvalue weighted by Crippen LogP contribution is -2.27. The molecule has 3 aromatic heterocycles. The molecule has 3 heterocycles. The Labute approximate surface area is 144 Å². The van der Waals surface area contributed by atoms with E-state index in [1.54, 1.807) is 12.1 Å². The number of pyridine rings is 1. The number of rotatable bonds is 6. The van der Waals surface area contributed by atoms with E-state index in [0.717, 1.165) is 4.68 Å². The monoisotopic (exact) mass is 370 g/mol. The van der Waals surface area contributed by atoms with Gasteiger partial charge < -0.3 is 9.73 Å². The Morgan fingerprint density at radius 2 is 2.08 bits per heavy atom. The SMILES string of the molecule is Cc1nn(CC(=O)NCc2ccco2)c2nc(C(F)F)cc(C(F)F)c12. The molecule has 0 aliphatic heterocycles. The van der Waals surface area contributed by atoms with Crippen molar-refractivity contribution in [3.8, 4) is 0 Å². The zero-order valence-corrected chi connectivity index (χ0v) is 13.5. The molecule has 0 saturated carbocycles. The lowest BCUT2D eigenvalue weighted by Gasteiger charge is -2.08. The molecule has 0 saturated heterocycles. The number of alkyl halides is 4. The highest BCUT2D eigenvalue weighted by Gasteiger charge is 2.23. The van der Waals surface area contributed by atoms with E-state index >= 15 is 0 Å². The number of aryl methyl sites for hydroxylation is 1. The summed E-state index contributed by atoms with van der Waals surface area (Å²) in [6.45, 7) is 1.23. The van der Waals surface area contributed by atoms with Crippen molar-refractivity contribution in [2.24, 2.45) is 0 Å². The van der Waals surface area contributed by atoms with Crippen molar-refractivity contribution >= 4 is 16.9 Å². The highest BCUT2D eigenvalue weighted by Crippen LogP contribution is 2.32. The minimum atomic E-state index is -3.02. The quantitative estimate of drug-likeness (QED) is 0.674. The fraction of sp³-hybridized carbons (Fsp3) is 0.312. The Morgan fingerprint density at radius 3 is 2.69 bits per heavy atom. The molecular formula is C16H14F4N4O2. The number of carbonyl (C=O) groups excluding carboxylic acids is 1. The summed E-state index contributed by atoms with van der Waals surface area (Å²) in [7, 11) is 0. The lowest BCUT2D eigenvalue weighted by molar-refractivity contribution is -0.122. The third-order valence-electron chi connectivity index (χ3n) is 3.72. The smallest absolute Gasteiger partial charge is 0.280 e. The molecule has 0 bridgehead atoms. The van der Waals surface area contributed by atoms with E-state index in [-0.39, 0.29) is 29.8 Å². The van der Waals surface area contributed by atoms with Crippen LogP contribution in [0.5, 0.6) is 0 Å². The zero-order chi connectivity index (χ0) is 18.8. The number of fused-ring (bicyclic) bond motifs is 1. The van der Waals surface area contributed by atoms with Crippen molar-refractivity contribution < 1.29 is 26.8 Å². The van der Waals surface area contributed by atoms with Gasteiger partial charge in [-0.25, -0.2) is 27.2 Å². The third kappa shape index (κ3) is 3.53. The third-order valence-corrected chi connectivity index (χ3v) is 3.72. The molecule has 10 heteroatoms. The van der Waals surface area contributed by atoms with Crippen LogP contribution in [0.2, 0.25) is 0 Å². The van der Waals surface area contributed by atoms with Crippen molar-refractivity contribution in [3.63, 3.8) is 0 Å². The number of amides is 1. The number of nitrogens with zero attached hydrogens (tertiary/aromatic N) is 3. The number of hydrogen-bond donors (Lipinski definition) is 1. The van der Waals surface area contributed by atoms with Crippen LogP contribution in [0.3, 0.4) is 0 Å². The number of nitrogens with one attached hydrogen (secondary N) is 1. The maximum Gasteiger partial charge on any atom is 0.280 e. The Hall–Kier alpha value is -2.91. The standard InChI is InChI=1S/C16H14F4N4O2/c1-8-13-10(14(17)18)5-11(15(19)20)22-16(13)24(23-8)7-12(25)21-6-9-3-2-4-26-9/h2-5,14-15H,6-7H2,1H3,(H,21,25). The van der Waals surface area contributed by atoms with Crippen molar-refractivity contribution in [3.05, 3.63) is 47.2 Å². The molecule has 3 rings (SSSR count). The topological polar surface area (TPSA) is 73.0 Å². The molecule has 1 N–H and O–H groups in total. The van der Waals surface area contributed by atoms with Gasteiger partial charge in [0.05, 0.1) is 23.9 Å². The summed E-state index contributed by atoms with van der Waals surface area (Å²) in [4.78, 5) is 15.8. The van der Waals surface area contributed by atoms with E-state index in [9.17, 15) is 22.4 Å². The van der Waals surface area contributed by atoms with Gasteiger partial charge in [0, 0.05) is 5.56 Å². The molecule has 1 amide bonds. The summed E-state index contributed by atoms with van der Waals surface area (Å²) >= 11 is 0. The molecule has 0 atom stereocenters. The van der Waals surface area contributed by atoms with Gasteiger partial charge in [0.2, 0.25) is 5.91 Å². The van der Waals surface area contributed by atoms with Crippen molar-refractivity contribution in [2.45, 2.75) is 32.9 Å². The molecule has 0 aromatic carbocycles. The fourth-order valence-corrected chi connectivity index (χ4v) is 2.59. The van der Waals surface area contributed by atoms with Crippen LogP contribution < -0.4 is 5.32 Å². The van der Waals surface area contributed by atoms with Gasteiger partial charge >= 0.3 is 0 Å². The summed E-state index contributed by atoms with van der Waals surface area (Å²) in [5, 5.41) is 6.55.